The lowest BCUT2D eigenvalue weighted by molar-refractivity contribution is -0.161. The van der Waals surface area contributed by atoms with E-state index >= 15 is 0 Å². The molecule has 0 amide bonds. The molecule has 0 bridgehead atoms. The van der Waals surface area contributed by atoms with E-state index in [1.165, 1.54) is 0 Å². The van der Waals surface area contributed by atoms with Crippen molar-refractivity contribution in [2.24, 2.45) is 38.9 Å². The van der Waals surface area contributed by atoms with Crippen LogP contribution in [0.2, 0.25) is 0 Å². The first-order chi connectivity index (χ1) is 63.4. The van der Waals surface area contributed by atoms with Gasteiger partial charge in [-0.15, -0.1) is 0 Å². The summed E-state index contributed by atoms with van der Waals surface area (Å²) < 4.78 is 52.2. The first-order valence-corrected chi connectivity index (χ1v) is 45.6. The number of aliphatic hydroxyl groups is 1. The number of fused-ring (bicyclic) bond motifs is 5. The number of ether oxygens (including phenoxy) is 10. The molecular formula is C108H140O27. The lowest BCUT2D eigenvalue weighted by Gasteiger charge is -2.23. The zero-order valence-electron chi connectivity index (χ0n) is 82.4. The Morgan fingerprint density at radius 1 is 0.356 bits per heavy atom. The minimum absolute atomic E-state index is 0.0119. The Hall–Kier alpha value is -13.0. The van der Waals surface area contributed by atoms with Crippen molar-refractivity contribution >= 4 is 114 Å². The number of carbonyl (C=O) groups excluding carboxylic acids is 9. The zero-order chi connectivity index (χ0) is 101. The van der Waals surface area contributed by atoms with Crippen LogP contribution in [-0.4, -0.2) is 160 Å². The monoisotopic (exact) mass is 1870 g/mol. The van der Waals surface area contributed by atoms with Crippen LogP contribution in [0.5, 0.6) is 40.2 Å². The number of hydrogen-bond donors (Lipinski definition) is 7. The third-order valence-corrected chi connectivity index (χ3v) is 23.0. The van der Waals surface area contributed by atoms with Gasteiger partial charge in [-0.3, -0.25) is 33.6 Å². The smallest absolute Gasteiger partial charge is 0.349 e. The Kier molecular flexibility index (Phi) is 46.0. The number of hydrogen-bond acceptors (Lipinski definition) is 26. The van der Waals surface area contributed by atoms with Crippen molar-refractivity contribution in [3.8, 4) is 40.2 Å². The van der Waals surface area contributed by atoms with Gasteiger partial charge in [0.25, 0.3) is 0 Å². The van der Waals surface area contributed by atoms with Crippen LogP contribution >= 0.6 is 0 Å². The second kappa shape index (κ2) is 54.4. The summed E-state index contributed by atoms with van der Waals surface area (Å²) in [5.74, 6) is -2.17. The summed E-state index contributed by atoms with van der Waals surface area (Å²) >= 11 is 0. The zero-order valence-corrected chi connectivity index (χ0v) is 82.4. The number of aliphatic carboxylic acids is 1. The molecule has 0 aliphatic rings. The van der Waals surface area contributed by atoms with E-state index in [-0.39, 0.29) is 116 Å². The molecule has 0 aliphatic carbocycles. The van der Waals surface area contributed by atoms with Gasteiger partial charge in [0.2, 0.25) is 0 Å². The number of rotatable bonds is 35. The highest BCUT2D eigenvalue weighted by Gasteiger charge is 2.32. The Balaban J connectivity index is 0.000000335. The van der Waals surface area contributed by atoms with Crippen molar-refractivity contribution < 1.29 is 131 Å². The van der Waals surface area contributed by atoms with E-state index < -0.39 is 69.1 Å². The van der Waals surface area contributed by atoms with Gasteiger partial charge in [0.15, 0.2) is 6.61 Å². The van der Waals surface area contributed by atoms with Gasteiger partial charge >= 0.3 is 59.7 Å². The van der Waals surface area contributed by atoms with Crippen LogP contribution in [0.15, 0.2) is 182 Å². The summed E-state index contributed by atoms with van der Waals surface area (Å²) in [5.41, 5.74) is -1.53. The second-order valence-electron chi connectivity index (χ2n) is 36.4. The molecule has 0 fully saturated rings. The summed E-state index contributed by atoms with van der Waals surface area (Å²) in [6, 6.07) is 52.0. The molecule has 3 unspecified atom stereocenters. The normalized spacial score (nSPS) is 12.0. The average molecular weight is 1870 g/mol. The van der Waals surface area contributed by atoms with E-state index in [0.717, 1.165) is 74.3 Å². The Labute approximate surface area is 793 Å². The van der Waals surface area contributed by atoms with Crippen LogP contribution in [0.3, 0.4) is 0 Å². The fourth-order valence-corrected chi connectivity index (χ4v) is 11.7. The SMILES string of the molecule is CCC(C)(C)C(=O)OCC(=O)Oc1ccc2cc(O)ccc2c1.CCC(C)(C)C(=O)OCCOC(=O)c1ccc2cc(O)ccc2c1.CCC(C)(C)C(=O)OCCOC(=O)c1cccc2c(O)cccc12.CCC(C)(C)C(=O)OCCOc1cccc2c(O)cccc12.CCC(C)(C)C(=O)OCCc1cccc2c(O)cccc12.CCC(C)C(=O)O.CCC(C)C(=O)OC(C)CC(C)(C)O. The van der Waals surface area contributed by atoms with Gasteiger partial charge in [0.05, 0.1) is 62.2 Å². The van der Waals surface area contributed by atoms with Crippen molar-refractivity contribution in [2.75, 3.05) is 52.9 Å². The minimum Gasteiger partial charge on any atom is -0.508 e. The van der Waals surface area contributed by atoms with Gasteiger partial charge in [0, 0.05) is 34.4 Å². The molecule has 27 heteroatoms. The van der Waals surface area contributed by atoms with Crippen molar-refractivity contribution in [2.45, 2.75) is 222 Å². The molecule has 734 valence electrons. The number of aromatic hydroxyl groups is 5. The Bertz CT molecular complexity index is 5580. The topological polar surface area (TPSA) is 405 Å². The summed E-state index contributed by atoms with van der Waals surface area (Å²) in [5, 5.41) is 74.0. The molecule has 0 aliphatic heterocycles. The Morgan fingerprint density at radius 2 is 0.726 bits per heavy atom. The van der Waals surface area contributed by atoms with E-state index in [4.69, 9.17) is 52.5 Å². The summed E-state index contributed by atoms with van der Waals surface area (Å²) in [6.07, 6.45) is 5.85. The average Bonchev–Trinajstić information content (AvgIpc) is 0.818. The number of phenols is 5. The molecule has 0 aromatic heterocycles. The van der Waals surface area contributed by atoms with E-state index in [1.807, 2.05) is 165 Å². The van der Waals surface area contributed by atoms with Gasteiger partial charge in [-0.05, 0) is 252 Å². The van der Waals surface area contributed by atoms with E-state index in [9.17, 15) is 78.6 Å². The summed E-state index contributed by atoms with van der Waals surface area (Å²) in [6.45, 7) is 41.0. The number of esters is 9. The number of phenolic OH excluding ortho intramolecular Hbond substituents is 5. The van der Waals surface area contributed by atoms with Crippen molar-refractivity contribution in [3.05, 3.63) is 199 Å². The highest BCUT2D eigenvalue weighted by molar-refractivity contribution is 6.06. The van der Waals surface area contributed by atoms with Crippen LogP contribution in [0.4, 0.5) is 0 Å². The molecule has 27 nitrogen and oxygen atoms in total. The van der Waals surface area contributed by atoms with Crippen LogP contribution in [0, 0.1) is 38.9 Å². The van der Waals surface area contributed by atoms with Crippen LogP contribution in [0.25, 0.3) is 53.9 Å². The van der Waals surface area contributed by atoms with Gasteiger partial charge in [-0.25, -0.2) is 14.4 Å². The van der Waals surface area contributed by atoms with Crippen LogP contribution in [-0.2, 0) is 82.7 Å². The van der Waals surface area contributed by atoms with Gasteiger partial charge in [-0.2, -0.15) is 0 Å². The highest BCUT2D eigenvalue weighted by atomic mass is 16.6. The van der Waals surface area contributed by atoms with Gasteiger partial charge in [-0.1, -0.05) is 165 Å². The fourth-order valence-electron chi connectivity index (χ4n) is 11.7. The molecule has 0 radical (unpaired) electrons. The molecule has 0 spiro atoms. The van der Waals surface area contributed by atoms with E-state index in [1.54, 1.807) is 169 Å². The maximum Gasteiger partial charge on any atom is 0.349 e. The van der Waals surface area contributed by atoms with Crippen molar-refractivity contribution in [1.29, 1.82) is 0 Å². The molecule has 10 rings (SSSR count). The molecule has 7 N–H and O–H groups in total. The maximum atomic E-state index is 12.2. The molecule has 0 saturated heterocycles. The second-order valence-corrected chi connectivity index (χ2v) is 36.4. The van der Waals surface area contributed by atoms with Crippen LogP contribution in [0.1, 0.15) is 230 Å². The lowest BCUT2D eigenvalue weighted by Crippen LogP contribution is -2.29. The van der Waals surface area contributed by atoms with Gasteiger partial charge < -0.3 is 83.1 Å². The third kappa shape index (κ3) is 37.7. The molecule has 0 saturated carbocycles. The minimum atomic E-state index is -0.783. The summed E-state index contributed by atoms with van der Waals surface area (Å²) in [7, 11) is 0. The number of carboxylic acids is 1. The molecular weight excluding hydrogens is 1730 g/mol. The first-order valence-electron chi connectivity index (χ1n) is 45.6. The summed E-state index contributed by atoms with van der Waals surface area (Å²) in [4.78, 5) is 117. The molecule has 3 atom stereocenters. The predicted molar refractivity (Wildman–Crippen MR) is 522 cm³/mol. The highest BCUT2D eigenvalue weighted by Crippen LogP contribution is 2.35. The van der Waals surface area contributed by atoms with E-state index in [0.29, 0.717) is 72.1 Å². The van der Waals surface area contributed by atoms with Gasteiger partial charge in [0.1, 0.15) is 86.0 Å². The standard InChI is InChI=1S/2C19H22O5.C18H20O5.C18H22O4.C18H22O3.C11H22O3.C5H10O2/c1-4-19(2,3)18(22)24-12-11-23-17(21)15-9-5-8-14-13(15)7-6-10-16(14)20;1-4-19(2,3)18(22)24-10-9-23-17(21)15-6-5-14-12-16(20)8-7-13(14)11-15;1-4-18(2,3)17(21)22-11-16(20)23-15-8-6-12-9-14(19)7-5-13(12)10-15;1-4-18(2,3)17(20)22-12-11-21-16-10-6-7-13-14(16)8-5-9-15(13)19;1-4-18(2,3)17(20)21-12-11-13-7-5-9-15-14(13)8-6-10-16(15)19;1-6-8(2)10(12)14-9(3)7-11(4,5)13;1-3-4(2)5(6)7/h5-10,20H,4,11-12H2,1-3H3;5-8,11-12,20H,4,9-10H2,1-3H3;5-10,19H,4,11H2,1-3H3;5-10,19H,4,11-12H2,1-3H3;5-10,19H,4,11-12H2,1-3H3;8-9,13H,6-7H2,1-5H3;4H,3H2,1-2H3,(H,6,7). The van der Waals surface area contributed by atoms with Crippen molar-refractivity contribution in [1.82, 2.24) is 0 Å². The first kappa shape index (κ1) is 114. The number of carboxylic acid groups (broad SMARTS) is 1. The molecule has 10 aromatic rings. The lowest BCUT2D eigenvalue weighted by atomic mass is 9.91. The third-order valence-electron chi connectivity index (χ3n) is 23.0. The van der Waals surface area contributed by atoms with E-state index in [2.05, 4.69) is 0 Å². The molecule has 10 aromatic carbocycles. The number of carbonyl (C=O) groups is 10. The predicted octanol–water partition coefficient (Wildman–Crippen LogP) is 22.0. The molecule has 135 heavy (non-hydrogen) atoms. The Morgan fingerprint density at radius 3 is 1.19 bits per heavy atom. The van der Waals surface area contributed by atoms with Crippen LogP contribution < -0.4 is 9.47 Å². The maximum absolute atomic E-state index is 12.2. The largest absolute Gasteiger partial charge is 0.508 e. The quantitative estimate of drug-likeness (QED) is 0.00839. The molecule has 0 heterocycles. The fraction of sp³-hybridized carbons (Fsp3) is 0.444. The number of benzene rings is 10. The van der Waals surface area contributed by atoms with Crippen molar-refractivity contribution in [3.63, 3.8) is 0 Å².